The van der Waals surface area contributed by atoms with Crippen molar-refractivity contribution in [1.29, 1.82) is 0 Å². The van der Waals surface area contributed by atoms with Gasteiger partial charge in [0.1, 0.15) is 0 Å². The van der Waals surface area contributed by atoms with E-state index in [0.29, 0.717) is 17.4 Å². The van der Waals surface area contributed by atoms with E-state index in [1.54, 1.807) is 0 Å². The molecule has 2 saturated heterocycles. The van der Waals surface area contributed by atoms with Gasteiger partial charge in [-0.2, -0.15) is 0 Å². The van der Waals surface area contributed by atoms with Crippen molar-refractivity contribution in [3.63, 3.8) is 0 Å². The largest absolute Gasteiger partial charge is 0.302 e. The highest BCUT2D eigenvalue weighted by atomic mass is 32.2. The summed E-state index contributed by atoms with van der Waals surface area (Å²) in [6, 6.07) is 0. The van der Waals surface area contributed by atoms with E-state index in [1.807, 2.05) is 0 Å². The third-order valence-electron chi connectivity index (χ3n) is 5.77. The molecule has 1 atom stereocenters. The number of hydrogen-bond acceptors (Lipinski definition) is 4. The minimum atomic E-state index is -2.72. The summed E-state index contributed by atoms with van der Waals surface area (Å²) in [5, 5.41) is 0. The molecular weight excluding hydrogens is 296 g/mol. The van der Waals surface area contributed by atoms with Crippen molar-refractivity contribution in [2.45, 2.75) is 44.9 Å². The quantitative estimate of drug-likeness (QED) is 0.791. The molecule has 0 aromatic heterocycles. The molecule has 4 nitrogen and oxygen atoms in total. The number of sulfone groups is 1. The van der Waals surface area contributed by atoms with Gasteiger partial charge in [-0.1, -0.05) is 19.3 Å². The summed E-state index contributed by atoms with van der Waals surface area (Å²) in [6.07, 6.45) is 9.28. The van der Waals surface area contributed by atoms with Crippen LogP contribution in [-0.2, 0) is 9.84 Å². The minimum Gasteiger partial charge on any atom is -0.302 e. The van der Waals surface area contributed by atoms with Gasteiger partial charge < -0.3 is 9.80 Å². The molecular formula is C17H32N2O2S. The molecule has 0 amide bonds. The average molecular weight is 329 g/mol. The van der Waals surface area contributed by atoms with E-state index in [-0.39, 0.29) is 0 Å². The lowest BCUT2D eigenvalue weighted by Gasteiger charge is -2.29. The summed E-state index contributed by atoms with van der Waals surface area (Å²) in [6.45, 7) is 6.98. The molecule has 22 heavy (non-hydrogen) atoms. The van der Waals surface area contributed by atoms with Crippen LogP contribution in [0.4, 0.5) is 0 Å². The standard InChI is InChI=1S/C17H32N2O2S/c20-22(21)12-7-17(15-22)14-19-9-4-8-18(10-11-19)13-16-5-2-1-3-6-16/h16-17H,1-15H2/t17-/m0/s1. The van der Waals surface area contributed by atoms with Gasteiger partial charge in [0.15, 0.2) is 9.84 Å². The lowest BCUT2D eigenvalue weighted by molar-refractivity contribution is 0.197. The molecule has 0 N–H and O–H groups in total. The summed E-state index contributed by atoms with van der Waals surface area (Å²) < 4.78 is 23.2. The predicted molar refractivity (Wildman–Crippen MR) is 90.8 cm³/mol. The highest BCUT2D eigenvalue weighted by Crippen LogP contribution is 2.25. The van der Waals surface area contributed by atoms with Gasteiger partial charge in [0, 0.05) is 26.2 Å². The van der Waals surface area contributed by atoms with Crippen molar-refractivity contribution in [3.05, 3.63) is 0 Å². The first kappa shape index (κ1) is 16.7. The van der Waals surface area contributed by atoms with E-state index < -0.39 is 9.84 Å². The second kappa shape index (κ2) is 7.63. The topological polar surface area (TPSA) is 40.6 Å². The highest BCUT2D eigenvalue weighted by Gasteiger charge is 2.29. The first-order valence-corrected chi connectivity index (χ1v) is 11.1. The molecule has 0 aromatic rings. The van der Waals surface area contributed by atoms with Gasteiger partial charge in [-0.05, 0) is 50.6 Å². The Morgan fingerprint density at radius 3 is 1.95 bits per heavy atom. The van der Waals surface area contributed by atoms with Crippen molar-refractivity contribution in [1.82, 2.24) is 9.80 Å². The van der Waals surface area contributed by atoms with Gasteiger partial charge in [0.2, 0.25) is 0 Å². The summed E-state index contributed by atoms with van der Waals surface area (Å²) in [5.74, 6) is 2.16. The zero-order valence-electron chi connectivity index (χ0n) is 13.9. The maximum atomic E-state index is 11.6. The maximum Gasteiger partial charge on any atom is 0.150 e. The lowest BCUT2D eigenvalue weighted by Crippen LogP contribution is -2.36. The Hall–Kier alpha value is -0.130. The van der Waals surface area contributed by atoms with Crippen LogP contribution in [0.15, 0.2) is 0 Å². The van der Waals surface area contributed by atoms with Crippen LogP contribution < -0.4 is 0 Å². The van der Waals surface area contributed by atoms with Crippen LogP contribution in [0.5, 0.6) is 0 Å². The van der Waals surface area contributed by atoms with Crippen molar-refractivity contribution in [2.24, 2.45) is 11.8 Å². The molecule has 3 rings (SSSR count). The molecule has 2 heterocycles. The second-order valence-electron chi connectivity index (χ2n) is 7.73. The average Bonchev–Trinajstić information content (AvgIpc) is 2.69. The third kappa shape index (κ3) is 4.93. The Balaban J connectivity index is 1.41. The summed E-state index contributed by atoms with van der Waals surface area (Å²) in [7, 11) is -2.72. The van der Waals surface area contributed by atoms with Crippen molar-refractivity contribution < 1.29 is 8.42 Å². The Kier molecular flexibility index (Phi) is 5.80. The van der Waals surface area contributed by atoms with E-state index in [9.17, 15) is 8.42 Å². The molecule has 5 heteroatoms. The Bertz CT molecular complexity index is 446. The molecule has 3 fully saturated rings. The fraction of sp³-hybridized carbons (Fsp3) is 1.00. The fourth-order valence-electron chi connectivity index (χ4n) is 4.51. The molecule has 1 saturated carbocycles. The molecule has 3 aliphatic rings. The second-order valence-corrected chi connectivity index (χ2v) is 9.96. The minimum absolute atomic E-state index is 0.384. The van der Waals surface area contributed by atoms with Crippen LogP contribution in [0.25, 0.3) is 0 Å². The van der Waals surface area contributed by atoms with Crippen LogP contribution in [0, 0.1) is 11.8 Å². The van der Waals surface area contributed by atoms with E-state index in [4.69, 9.17) is 0 Å². The van der Waals surface area contributed by atoms with Crippen LogP contribution in [0.1, 0.15) is 44.9 Å². The Morgan fingerprint density at radius 1 is 0.727 bits per heavy atom. The van der Waals surface area contributed by atoms with E-state index in [2.05, 4.69) is 9.80 Å². The van der Waals surface area contributed by atoms with Crippen LogP contribution >= 0.6 is 0 Å². The molecule has 128 valence electrons. The zero-order valence-corrected chi connectivity index (χ0v) is 14.7. The molecule has 1 aliphatic carbocycles. The van der Waals surface area contributed by atoms with E-state index in [0.717, 1.165) is 32.0 Å². The number of hydrogen-bond donors (Lipinski definition) is 0. The van der Waals surface area contributed by atoms with Gasteiger partial charge in [0.25, 0.3) is 0 Å². The number of nitrogens with zero attached hydrogens (tertiary/aromatic N) is 2. The molecule has 2 aliphatic heterocycles. The SMILES string of the molecule is O=S1(=O)CC[C@@H](CN2CCCN(CC3CCCCC3)CC2)C1. The van der Waals surface area contributed by atoms with Gasteiger partial charge in [-0.3, -0.25) is 0 Å². The normalized spacial score (nSPS) is 32.1. The maximum absolute atomic E-state index is 11.6. The third-order valence-corrected chi connectivity index (χ3v) is 7.60. The Labute approximate surface area is 136 Å². The smallest absolute Gasteiger partial charge is 0.150 e. The molecule has 0 radical (unpaired) electrons. The molecule has 0 aromatic carbocycles. The first-order chi connectivity index (χ1) is 10.6. The fourth-order valence-corrected chi connectivity index (χ4v) is 6.35. The highest BCUT2D eigenvalue weighted by molar-refractivity contribution is 7.91. The monoisotopic (exact) mass is 328 g/mol. The predicted octanol–water partition coefficient (Wildman–Crippen LogP) is 2.01. The number of rotatable bonds is 4. The van der Waals surface area contributed by atoms with Crippen molar-refractivity contribution in [2.75, 3.05) is 50.8 Å². The van der Waals surface area contributed by atoms with Gasteiger partial charge in [-0.15, -0.1) is 0 Å². The van der Waals surface area contributed by atoms with Crippen LogP contribution in [0.3, 0.4) is 0 Å². The van der Waals surface area contributed by atoms with E-state index in [1.165, 1.54) is 58.2 Å². The van der Waals surface area contributed by atoms with Gasteiger partial charge in [0.05, 0.1) is 11.5 Å². The Morgan fingerprint density at radius 2 is 1.36 bits per heavy atom. The molecule has 0 spiro atoms. The molecule has 0 unspecified atom stereocenters. The van der Waals surface area contributed by atoms with Crippen molar-refractivity contribution in [3.8, 4) is 0 Å². The van der Waals surface area contributed by atoms with Crippen molar-refractivity contribution >= 4 is 9.84 Å². The van der Waals surface area contributed by atoms with E-state index >= 15 is 0 Å². The van der Waals surface area contributed by atoms with Gasteiger partial charge >= 0.3 is 0 Å². The van der Waals surface area contributed by atoms with Gasteiger partial charge in [-0.25, -0.2) is 8.42 Å². The zero-order chi connectivity index (χ0) is 15.4. The first-order valence-electron chi connectivity index (χ1n) is 9.26. The summed E-state index contributed by atoms with van der Waals surface area (Å²) in [5.41, 5.74) is 0. The van der Waals surface area contributed by atoms with Crippen LogP contribution in [-0.4, -0.2) is 69.0 Å². The van der Waals surface area contributed by atoms with Crippen LogP contribution in [0.2, 0.25) is 0 Å². The lowest BCUT2D eigenvalue weighted by atomic mass is 9.89. The molecule has 0 bridgehead atoms. The summed E-state index contributed by atoms with van der Waals surface area (Å²) in [4.78, 5) is 5.19. The summed E-state index contributed by atoms with van der Waals surface area (Å²) >= 11 is 0.